The second-order valence-electron chi connectivity index (χ2n) is 9.81. The first kappa shape index (κ1) is 22.1. The fourth-order valence-electron chi connectivity index (χ4n) is 5.49. The smallest absolute Gasteiger partial charge is 0.259 e. The molecule has 1 atom stereocenters. The van der Waals surface area contributed by atoms with Crippen molar-refractivity contribution < 1.29 is 15.0 Å². The molecule has 0 fully saturated rings. The molecule has 5 nitrogen and oxygen atoms in total. The normalized spacial score (nSPS) is 16.6. The predicted molar refractivity (Wildman–Crippen MR) is 131 cm³/mol. The largest absolute Gasteiger partial charge is 0.396 e. The Bertz CT molecular complexity index is 1170. The minimum atomic E-state index is 0.0385. The molecule has 5 heteroatoms. The van der Waals surface area contributed by atoms with Crippen LogP contribution >= 0.6 is 0 Å². The van der Waals surface area contributed by atoms with E-state index in [-0.39, 0.29) is 25.2 Å². The fourth-order valence-corrected chi connectivity index (χ4v) is 5.49. The Morgan fingerprint density at radius 1 is 0.848 bits per heavy atom. The lowest BCUT2D eigenvalue weighted by Gasteiger charge is -2.37. The average molecular weight is 445 g/mol. The minimum Gasteiger partial charge on any atom is -0.396 e. The van der Waals surface area contributed by atoms with Gasteiger partial charge in [-0.2, -0.15) is 0 Å². The highest BCUT2D eigenvalue weighted by Crippen LogP contribution is 2.39. The number of carbonyl (C=O) groups is 1. The number of hydrogen-bond donors (Lipinski definition) is 2. The zero-order valence-electron chi connectivity index (χ0n) is 19.4. The molecule has 172 valence electrons. The number of carbonyl (C=O) groups excluding carboxylic acids is 1. The summed E-state index contributed by atoms with van der Waals surface area (Å²) in [6.07, 6.45) is 1.59. The van der Waals surface area contributed by atoms with Crippen molar-refractivity contribution >= 4 is 22.4 Å². The molecule has 3 aromatic rings. The first-order chi connectivity index (χ1) is 16.0. The lowest BCUT2D eigenvalue weighted by atomic mass is 9.86. The molecule has 2 heterocycles. The van der Waals surface area contributed by atoms with Gasteiger partial charge in [0.05, 0.1) is 13.2 Å². The molecule has 0 radical (unpaired) electrons. The van der Waals surface area contributed by atoms with Crippen molar-refractivity contribution in [3.8, 4) is 0 Å². The highest BCUT2D eigenvalue weighted by atomic mass is 16.3. The molecular formula is C28H32N2O3. The standard InChI is InChI=1S/C28H32N2O3/c1-18(2)13-24(17-32)29-14-20-5-6-22-16-30(23-8-3-19(4-9-23)11-12-31)28(33)25-10-7-21(15-29)26(20)27(22)25/h3-10,18,24,31-32H,11-17H2,1-2H3. The summed E-state index contributed by atoms with van der Waals surface area (Å²) in [5, 5.41) is 21.5. The van der Waals surface area contributed by atoms with E-state index in [0.29, 0.717) is 18.9 Å². The van der Waals surface area contributed by atoms with Gasteiger partial charge >= 0.3 is 0 Å². The number of aliphatic hydroxyl groups excluding tert-OH is 2. The maximum absolute atomic E-state index is 13.5. The van der Waals surface area contributed by atoms with Crippen LogP contribution in [0.4, 0.5) is 5.69 Å². The Morgan fingerprint density at radius 2 is 1.48 bits per heavy atom. The van der Waals surface area contributed by atoms with E-state index in [0.717, 1.165) is 41.7 Å². The zero-order chi connectivity index (χ0) is 23.1. The zero-order valence-corrected chi connectivity index (χ0v) is 19.4. The number of hydrogen-bond acceptors (Lipinski definition) is 4. The summed E-state index contributed by atoms with van der Waals surface area (Å²) in [6, 6.07) is 16.5. The maximum Gasteiger partial charge on any atom is 0.259 e. The SMILES string of the molecule is CC(C)CC(CO)N1Cc2ccc3c4c(ccc(c24)C1)C(=O)N(c1ccc(CCO)cc1)C3. The quantitative estimate of drug-likeness (QED) is 0.572. The molecule has 0 saturated heterocycles. The fraction of sp³-hybridized carbons (Fsp3) is 0.393. The molecule has 0 aromatic heterocycles. The van der Waals surface area contributed by atoms with E-state index >= 15 is 0 Å². The summed E-state index contributed by atoms with van der Waals surface area (Å²) in [5.74, 6) is 0.566. The van der Waals surface area contributed by atoms with Crippen LogP contribution in [0.15, 0.2) is 48.5 Å². The van der Waals surface area contributed by atoms with Crippen LogP contribution in [0.1, 0.15) is 52.9 Å². The van der Waals surface area contributed by atoms with Crippen molar-refractivity contribution in [3.63, 3.8) is 0 Å². The van der Waals surface area contributed by atoms with Crippen molar-refractivity contribution in [3.05, 3.63) is 76.3 Å². The summed E-state index contributed by atoms with van der Waals surface area (Å²) >= 11 is 0. The molecule has 0 spiro atoms. The van der Waals surface area contributed by atoms with Crippen LogP contribution in [0.2, 0.25) is 0 Å². The maximum atomic E-state index is 13.5. The first-order valence-electron chi connectivity index (χ1n) is 11.9. The van der Waals surface area contributed by atoms with Gasteiger partial charge in [0, 0.05) is 42.4 Å². The van der Waals surface area contributed by atoms with Gasteiger partial charge < -0.3 is 15.1 Å². The van der Waals surface area contributed by atoms with Gasteiger partial charge in [-0.3, -0.25) is 9.69 Å². The summed E-state index contributed by atoms with van der Waals surface area (Å²) in [6.45, 7) is 6.84. The summed E-state index contributed by atoms with van der Waals surface area (Å²) in [4.78, 5) is 17.8. The van der Waals surface area contributed by atoms with E-state index < -0.39 is 0 Å². The molecule has 1 amide bonds. The summed E-state index contributed by atoms with van der Waals surface area (Å²) in [5.41, 5.74) is 6.38. The van der Waals surface area contributed by atoms with E-state index in [2.05, 4.69) is 36.9 Å². The van der Waals surface area contributed by atoms with Crippen molar-refractivity contribution in [2.24, 2.45) is 5.92 Å². The first-order valence-corrected chi connectivity index (χ1v) is 11.9. The summed E-state index contributed by atoms with van der Waals surface area (Å²) < 4.78 is 0. The van der Waals surface area contributed by atoms with Gasteiger partial charge in [-0.25, -0.2) is 0 Å². The van der Waals surface area contributed by atoms with Crippen LogP contribution in [0, 0.1) is 5.92 Å². The van der Waals surface area contributed by atoms with Crippen LogP contribution in [0.3, 0.4) is 0 Å². The van der Waals surface area contributed by atoms with E-state index in [9.17, 15) is 9.90 Å². The van der Waals surface area contributed by atoms with Crippen molar-refractivity contribution in [1.29, 1.82) is 0 Å². The van der Waals surface area contributed by atoms with Crippen LogP contribution in [0.25, 0.3) is 10.8 Å². The highest BCUT2D eigenvalue weighted by molar-refractivity contribution is 6.18. The molecule has 33 heavy (non-hydrogen) atoms. The molecule has 0 saturated carbocycles. The molecule has 5 rings (SSSR count). The third-order valence-corrected chi connectivity index (χ3v) is 7.09. The number of amides is 1. The Hall–Kier alpha value is -2.73. The molecule has 0 aliphatic carbocycles. The molecule has 1 unspecified atom stereocenters. The highest BCUT2D eigenvalue weighted by Gasteiger charge is 2.32. The van der Waals surface area contributed by atoms with Gasteiger partial charge in [0.2, 0.25) is 0 Å². The van der Waals surface area contributed by atoms with Crippen molar-refractivity contribution in [2.45, 2.75) is 52.4 Å². The lowest BCUT2D eigenvalue weighted by molar-refractivity contribution is 0.0923. The Balaban J connectivity index is 1.49. The van der Waals surface area contributed by atoms with Crippen molar-refractivity contribution in [2.75, 3.05) is 18.1 Å². The predicted octanol–water partition coefficient (Wildman–Crippen LogP) is 4.26. The Labute approximate surface area is 195 Å². The number of nitrogens with zero attached hydrogens (tertiary/aromatic N) is 2. The topological polar surface area (TPSA) is 64.0 Å². The Morgan fingerprint density at radius 3 is 2.09 bits per heavy atom. The summed E-state index contributed by atoms with van der Waals surface area (Å²) in [7, 11) is 0. The van der Waals surface area contributed by atoms with Gasteiger partial charge in [0.15, 0.2) is 0 Å². The number of aliphatic hydroxyl groups is 2. The van der Waals surface area contributed by atoms with Gasteiger partial charge in [-0.1, -0.05) is 44.2 Å². The van der Waals surface area contributed by atoms with Crippen molar-refractivity contribution in [1.82, 2.24) is 4.90 Å². The molecular weight excluding hydrogens is 412 g/mol. The van der Waals surface area contributed by atoms with Crippen LogP contribution in [0.5, 0.6) is 0 Å². The van der Waals surface area contributed by atoms with Crippen LogP contribution in [-0.4, -0.2) is 40.3 Å². The third kappa shape index (κ3) is 3.95. The monoisotopic (exact) mass is 444 g/mol. The Kier molecular flexibility index (Phi) is 5.95. The van der Waals surface area contributed by atoms with E-state index in [1.54, 1.807) is 0 Å². The second kappa shape index (κ2) is 8.90. The molecule has 2 N–H and O–H groups in total. The number of rotatable bonds is 7. The van der Waals surface area contributed by atoms with Crippen LogP contribution < -0.4 is 4.90 Å². The van der Waals surface area contributed by atoms with E-state index in [1.807, 2.05) is 35.2 Å². The molecule has 2 aliphatic heterocycles. The van der Waals surface area contributed by atoms with E-state index in [1.165, 1.54) is 22.1 Å². The van der Waals surface area contributed by atoms with E-state index in [4.69, 9.17) is 5.11 Å². The third-order valence-electron chi connectivity index (χ3n) is 7.09. The lowest BCUT2D eigenvalue weighted by Crippen LogP contribution is -2.40. The molecule has 0 bridgehead atoms. The number of anilines is 1. The second-order valence-corrected chi connectivity index (χ2v) is 9.81. The number of benzene rings is 3. The average Bonchev–Trinajstić information content (AvgIpc) is 2.82. The van der Waals surface area contributed by atoms with Crippen LogP contribution in [-0.2, 0) is 26.1 Å². The minimum absolute atomic E-state index is 0.0385. The molecule has 3 aromatic carbocycles. The van der Waals surface area contributed by atoms with Gasteiger partial charge in [0.1, 0.15) is 0 Å². The van der Waals surface area contributed by atoms with Gasteiger partial charge in [0.25, 0.3) is 5.91 Å². The van der Waals surface area contributed by atoms with Gasteiger partial charge in [-0.15, -0.1) is 0 Å². The molecule has 2 aliphatic rings. The van der Waals surface area contributed by atoms with Gasteiger partial charge in [-0.05, 0) is 64.6 Å².